The summed E-state index contributed by atoms with van der Waals surface area (Å²) < 4.78 is 15.0. The van der Waals surface area contributed by atoms with Gasteiger partial charge in [-0.25, -0.2) is 9.07 Å². The van der Waals surface area contributed by atoms with Gasteiger partial charge in [-0.05, 0) is 16.5 Å². The van der Waals surface area contributed by atoms with Gasteiger partial charge in [0, 0.05) is 12.6 Å². The van der Waals surface area contributed by atoms with Crippen molar-refractivity contribution in [3.05, 3.63) is 35.6 Å². The average molecular weight is 268 g/mol. The maximum Gasteiger partial charge on any atom is 0.209 e. The first-order valence-corrected chi connectivity index (χ1v) is 6.66. The molecule has 0 saturated carbocycles. The largest absolute Gasteiger partial charge is 0.342 e. The summed E-state index contributed by atoms with van der Waals surface area (Å²) in [5, 5.41) is 14.1. The predicted octanol–water partition coefficient (Wildman–Crippen LogP) is 0.205. The van der Waals surface area contributed by atoms with Gasteiger partial charge in [0.25, 0.3) is 0 Å². The van der Waals surface area contributed by atoms with E-state index in [9.17, 15) is 4.39 Å². The Morgan fingerprint density at radius 2 is 2.22 bits per heavy atom. The number of nitrogens with two attached hydrogens (primary N) is 1. The number of aromatic nitrogens is 4. The van der Waals surface area contributed by atoms with E-state index in [1.807, 2.05) is 19.2 Å². The summed E-state index contributed by atoms with van der Waals surface area (Å²) in [5.74, 6) is 0.752. The van der Waals surface area contributed by atoms with Crippen molar-refractivity contribution in [2.24, 2.45) is 7.05 Å². The molecule has 1 aromatic carbocycles. The van der Waals surface area contributed by atoms with Crippen LogP contribution >= 0.6 is 11.8 Å². The lowest BCUT2D eigenvalue weighted by Crippen LogP contribution is -2.83. The molecule has 7 heteroatoms. The number of thioether (sulfide) groups is 1. The molecule has 0 aliphatic rings. The van der Waals surface area contributed by atoms with Gasteiger partial charge in [0.2, 0.25) is 5.16 Å². The molecule has 0 saturated heterocycles. The summed E-state index contributed by atoms with van der Waals surface area (Å²) in [4.78, 5) is 0. The lowest BCUT2D eigenvalue weighted by atomic mass is 10.2. The zero-order valence-corrected chi connectivity index (χ0v) is 10.9. The van der Waals surface area contributed by atoms with Crippen LogP contribution in [0.1, 0.15) is 5.56 Å². The minimum Gasteiger partial charge on any atom is -0.342 e. The highest BCUT2D eigenvalue weighted by atomic mass is 32.2. The number of benzene rings is 1. The fourth-order valence-electron chi connectivity index (χ4n) is 1.50. The number of halogens is 1. The Balaban J connectivity index is 1.68. The highest BCUT2D eigenvalue weighted by Gasteiger charge is 2.04. The van der Waals surface area contributed by atoms with Crippen LogP contribution in [-0.2, 0) is 13.6 Å². The molecule has 0 fully saturated rings. The first-order chi connectivity index (χ1) is 8.77. The molecule has 2 aromatic rings. The maximum absolute atomic E-state index is 13.3. The highest BCUT2D eigenvalue weighted by molar-refractivity contribution is 7.99. The number of hydrogen-bond donors (Lipinski definition) is 1. The number of aryl methyl sites for hydroxylation is 1. The molecule has 5 nitrogen and oxygen atoms in total. The van der Waals surface area contributed by atoms with Gasteiger partial charge in [0.15, 0.2) is 0 Å². The smallest absolute Gasteiger partial charge is 0.209 e. The molecule has 1 aromatic heterocycles. The molecule has 18 heavy (non-hydrogen) atoms. The van der Waals surface area contributed by atoms with Crippen LogP contribution in [0.4, 0.5) is 4.39 Å². The van der Waals surface area contributed by atoms with Crippen LogP contribution in [0.3, 0.4) is 0 Å². The van der Waals surface area contributed by atoms with Gasteiger partial charge in [-0.15, -0.1) is 5.10 Å². The normalized spacial score (nSPS) is 10.8. The zero-order valence-electron chi connectivity index (χ0n) is 10.1. The van der Waals surface area contributed by atoms with Crippen LogP contribution in [0.5, 0.6) is 0 Å². The summed E-state index contributed by atoms with van der Waals surface area (Å²) in [6.45, 7) is 1.55. The van der Waals surface area contributed by atoms with Crippen molar-refractivity contribution in [3.63, 3.8) is 0 Å². The van der Waals surface area contributed by atoms with Crippen molar-refractivity contribution in [2.75, 3.05) is 12.3 Å². The standard InChI is InChI=1S/C11H14FN5S/c1-17-11(14-15-16-17)18-7-6-13-8-9-4-2-3-5-10(9)12/h2-5,13H,6-8H2,1H3/p+1. The van der Waals surface area contributed by atoms with Crippen LogP contribution in [0, 0.1) is 5.82 Å². The third-order valence-electron chi connectivity index (χ3n) is 2.46. The average Bonchev–Trinajstić information content (AvgIpc) is 2.77. The Labute approximate surface area is 109 Å². The Morgan fingerprint density at radius 1 is 1.39 bits per heavy atom. The molecule has 0 radical (unpaired) electrons. The summed E-state index contributed by atoms with van der Waals surface area (Å²) in [5.41, 5.74) is 0.739. The Kier molecular flexibility index (Phi) is 4.66. The lowest BCUT2D eigenvalue weighted by Gasteiger charge is -2.02. The fraction of sp³-hybridized carbons (Fsp3) is 0.364. The van der Waals surface area contributed by atoms with E-state index < -0.39 is 0 Å². The molecule has 0 atom stereocenters. The van der Waals surface area contributed by atoms with E-state index in [0.717, 1.165) is 23.0 Å². The van der Waals surface area contributed by atoms with E-state index in [1.54, 1.807) is 22.5 Å². The van der Waals surface area contributed by atoms with Crippen LogP contribution in [0.25, 0.3) is 0 Å². The maximum atomic E-state index is 13.3. The number of tetrazole rings is 1. The zero-order chi connectivity index (χ0) is 12.8. The first kappa shape index (κ1) is 13.0. The van der Waals surface area contributed by atoms with Crippen molar-refractivity contribution < 1.29 is 9.71 Å². The van der Waals surface area contributed by atoms with Crippen LogP contribution in [0.15, 0.2) is 29.4 Å². The predicted molar refractivity (Wildman–Crippen MR) is 66.4 cm³/mol. The van der Waals surface area contributed by atoms with Gasteiger partial charge in [-0.1, -0.05) is 30.0 Å². The first-order valence-electron chi connectivity index (χ1n) is 5.67. The molecule has 0 aliphatic carbocycles. The summed E-state index contributed by atoms with van der Waals surface area (Å²) in [6, 6.07) is 6.86. The molecule has 2 N–H and O–H groups in total. The van der Waals surface area contributed by atoms with Crippen molar-refractivity contribution in [1.82, 2.24) is 20.2 Å². The quantitative estimate of drug-likeness (QED) is 0.601. The van der Waals surface area contributed by atoms with Crippen molar-refractivity contribution in [3.8, 4) is 0 Å². The molecule has 1 heterocycles. The molecule has 0 amide bonds. The Hall–Kier alpha value is -1.47. The summed E-state index contributed by atoms with van der Waals surface area (Å²) in [6.07, 6.45) is 0. The van der Waals surface area contributed by atoms with Crippen LogP contribution in [0.2, 0.25) is 0 Å². The van der Waals surface area contributed by atoms with Gasteiger partial charge in [-0.2, -0.15) is 0 Å². The molecule has 2 rings (SSSR count). The van der Waals surface area contributed by atoms with E-state index in [2.05, 4.69) is 20.8 Å². The Bertz CT molecular complexity index is 502. The van der Waals surface area contributed by atoms with Gasteiger partial charge < -0.3 is 5.32 Å². The van der Waals surface area contributed by atoms with Gasteiger partial charge in [0.05, 0.1) is 12.3 Å². The molecular weight excluding hydrogens is 253 g/mol. The Morgan fingerprint density at radius 3 is 2.94 bits per heavy atom. The van der Waals surface area contributed by atoms with E-state index >= 15 is 0 Å². The molecule has 0 bridgehead atoms. The van der Waals surface area contributed by atoms with Crippen LogP contribution in [-0.4, -0.2) is 32.5 Å². The molecular formula is C11H15FN5S+. The van der Waals surface area contributed by atoms with E-state index in [0.29, 0.717) is 6.54 Å². The number of quaternary nitrogens is 1. The van der Waals surface area contributed by atoms with Gasteiger partial charge in [-0.3, -0.25) is 0 Å². The molecule has 0 spiro atoms. The topological polar surface area (TPSA) is 60.2 Å². The second-order valence-corrected chi connectivity index (χ2v) is 4.87. The van der Waals surface area contributed by atoms with E-state index in [-0.39, 0.29) is 5.82 Å². The number of rotatable bonds is 6. The SMILES string of the molecule is Cn1nnnc1SCC[NH2+]Cc1ccccc1F. The molecule has 0 aliphatic heterocycles. The monoisotopic (exact) mass is 268 g/mol. The van der Waals surface area contributed by atoms with Gasteiger partial charge >= 0.3 is 0 Å². The number of nitrogens with zero attached hydrogens (tertiary/aromatic N) is 4. The molecule has 0 unspecified atom stereocenters. The molecule has 96 valence electrons. The lowest BCUT2D eigenvalue weighted by molar-refractivity contribution is -0.666. The number of hydrogen-bond acceptors (Lipinski definition) is 4. The summed E-state index contributed by atoms with van der Waals surface area (Å²) in [7, 11) is 1.81. The van der Waals surface area contributed by atoms with Crippen LogP contribution < -0.4 is 5.32 Å². The van der Waals surface area contributed by atoms with Crippen molar-refractivity contribution in [1.29, 1.82) is 0 Å². The minimum absolute atomic E-state index is 0.140. The third-order valence-corrected chi connectivity index (χ3v) is 3.50. The minimum atomic E-state index is -0.140. The summed E-state index contributed by atoms with van der Waals surface area (Å²) >= 11 is 1.59. The second-order valence-electron chi connectivity index (χ2n) is 3.81. The van der Waals surface area contributed by atoms with Crippen molar-refractivity contribution >= 4 is 11.8 Å². The fourth-order valence-corrected chi connectivity index (χ4v) is 2.28. The van der Waals surface area contributed by atoms with Gasteiger partial charge in [0.1, 0.15) is 12.4 Å². The van der Waals surface area contributed by atoms with E-state index in [1.165, 1.54) is 6.07 Å². The third kappa shape index (κ3) is 3.51. The highest BCUT2D eigenvalue weighted by Crippen LogP contribution is 2.10. The van der Waals surface area contributed by atoms with E-state index in [4.69, 9.17) is 0 Å². The van der Waals surface area contributed by atoms with Crippen molar-refractivity contribution in [2.45, 2.75) is 11.7 Å². The second kappa shape index (κ2) is 6.46.